The van der Waals surface area contributed by atoms with E-state index in [4.69, 9.17) is 10.5 Å². The number of rotatable bonds is 4. The molecule has 0 spiro atoms. The summed E-state index contributed by atoms with van der Waals surface area (Å²) in [5.41, 5.74) is 5.89. The topological polar surface area (TPSA) is 64.3 Å². The van der Waals surface area contributed by atoms with Crippen LogP contribution in [0.1, 0.15) is 25.7 Å². The number of nitrogens with two attached hydrogens (primary N) is 1. The molecule has 1 saturated carbocycles. The van der Waals surface area contributed by atoms with Crippen LogP contribution in [0.2, 0.25) is 0 Å². The van der Waals surface area contributed by atoms with E-state index in [1.54, 1.807) is 0 Å². The molecule has 0 aliphatic heterocycles. The molecule has 1 amide bonds. The molecule has 1 fully saturated rings. The van der Waals surface area contributed by atoms with Crippen LogP contribution in [0.15, 0.2) is 18.2 Å². The van der Waals surface area contributed by atoms with E-state index < -0.39 is 5.82 Å². The van der Waals surface area contributed by atoms with Crippen molar-refractivity contribution in [3.63, 3.8) is 0 Å². The van der Waals surface area contributed by atoms with E-state index in [0.29, 0.717) is 12.3 Å². The van der Waals surface area contributed by atoms with Crippen LogP contribution in [0.3, 0.4) is 0 Å². The first kappa shape index (κ1) is 14.8. The summed E-state index contributed by atoms with van der Waals surface area (Å²) >= 11 is 0. The molecule has 5 heteroatoms. The Balaban J connectivity index is 2.10. The van der Waals surface area contributed by atoms with Crippen molar-refractivity contribution in [3.05, 3.63) is 24.0 Å². The summed E-state index contributed by atoms with van der Waals surface area (Å²) in [6.07, 6.45) is 3.92. The molecular formula is C15H21FN2O2. The van der Waals surface area contributed by atoms with E-state index in [1.165, 1.54) is 25.3 Å². The minimum Gasteiger partial charge on any atom is -0.497 e. The summed E-state index contributed by atoms with van der Waals surface area (Å²) in [5, 5.41) is 2.67. The van der Waals surface area contributed by atoms with Gasteiger partial charge in [0.1, 0.15) is 11.6 Å². The number of nitrogens with one attached hydrogen (secondary N) is 1. The van der Waals surface area contributed by atoms with Crippen molar-refractivity contribution in [1.29, 1.82) is 0 Å². The first-order chi connectivity index (χ1) is 9.65. The van der Waals surface area contributed by atoms with Gasteiger partial charge >= 0.3 is 0 Å². The molecule has 1 aromatic rings. The summed E-state index contributed by atoms with van der Waals surface area (Å²) in [5.74, 6) is -0.0240. The highest BCUT2D eigenvalue weighted by Gasteiger charge is 2.30. The number of anilines is 1. The summed E-state index contributed by atoms with van der Waals surface area (Å²) in [6.45, 7) is 0.499. The number of methoxy groups -OCH3 is 1. The van der Waals surface area contributed by atoms with Crippen LogP contribution in [0.4, 0.5) is 10.1 Å². The molecule has 0 aromatic heterocycles. The van der Waals surface area contributed by atoms with Gasteiger partial charge in [-0.15, -0.1) is 0 Å². The molecule has 0 heterocycles. The van der Waals surface area contributed by atoms with Crippen LogP contribution in [0.25, 0.3) is 0 Å². The van der Waals surface area contributed by atoms with Gasteiger partial charge in [-0.1, -0.05) is 12.8 Å². The fourth-order valence-corrected chi connectivity index (χ4v) is 2.79. The average molecular weight is 280 g/mol. The third kappa shape index (κ3) is 3.28. The highest BCUT2D eigenvalue weighted by Crippen LogP contribution is 2.31. The van der Waals surface area contributed by atoms with E-state index in [0.717, 1.165) is 25.7 Å². The zero-order valence-electron chi connectivity index (χ0n) is 11.7. The Labute approximate surface area is 118 Å². The lowest BCUT2D eigenvalue weighted by Gasteiger charge is -2.29. The maximum absolute atomic E-state index is 13.7. The monoisotopic (exact) mass is 280 g/mol. The molecule has 1 aliphatic rings. The zero-order valence-corrected chi connectivity index (χ0v) is 11.7. The number of carbonyl (C=O) groups excluding carboxylic acids is 1. The number of benzene rings is 1. The summed E-state index contributed by atoms with van der Waals surface area (Å²) in [4.78, 5) is 12.3. The second kappa shape index (κ2) is 6.70. The Kier molecular flexibility index (Phi) is 4.95. The molecule has 0 radical (unpaired) electrons. The van der Waals surface area contributed by atoms with Gasteiger partial charge in [-0.2, -0.15) is 0 Å². The fraction of sp³-hybridized carbons (Fsp3) is 0.533. The molecule has 20 heavy (non-hydrogen) atoms. The van der Waals surface area contributed by atoms with Crippen LogP contribution in [0.5, 0.6) is 5.75 Å². The summed E-state index contributed by atoms with van der Waals surface area (Å²) in [6, 6.07) is 4.30. The lowest BCUT2D eigenvalue weighted by atomic mass is 9.78. The molecule has 0 saturated heterocycles. The van der Waals surface area contributed by atoms with Crippen molar-refractivity contribution in [1.82, 2.24) is 0 Å². The molecule has 2 unspecified atom stereocenters. The molecule has 1 aliphatic carbocycles. The predicted molar refractivity (Wildman–Crippen MR) is 76.1 cm³/mol. The van der Waals surface area contributed by atoms with Gasteiger partial charge in [0.2, 0.25) is 5.91 Å². The third-order valence-corrected chi connectivity index (χ3v) is 3.98. The smallest absolute Gasteiger partial charge is 0.227 e. The molecule has 1 aromatic carbocycles. The summed E-state index contributed by atoms with van der Waals surface area (Å²) < 4.78 is 18.8. The van der Waals surface area contributed by atoms with Crippen molar-refractivity contribution >= 4 is 11.6 Å². The molecule has 0 bridgehead atoms. The molecule has 2 atom stereocenters. The summed E-state index contributed by atoms with van der Waals surface area (Å²) in [7, 11) is 1.50. The molecule has 110 valence electrons. The number of halogens is 1. The minimum atomic E-state index is -0.459. The van der Waals surface area contributed by atoms with E-state index in [2.05, 4.69) is 5.32 Å². The number of hydrogen-bond acceptors (Lipinski definition) is 3. The van der Waals surface area contributed by atoms with Gasteiger partial charge in [0.15, 0.2) is 0 Å². The van der Waals surface area contributed by atoms with Gasteiger partial charge in [-0.3, -0.25) is 4.79 Å². The number of hydrogen-bond donors (Lipinski definition) is 2. The average Bonchev–Trinajstić information content (AvgIpc) is 2.49. The van der Waals surface area contributed by atoms with Crippen LogP contribution >= 0.6 is 0 Å². The van der Waals surface area contributed by atoms with Gasteiger partial charge in [0.05, 0.1) is 12.8 Å². The van der Waals surface area contributed by atoms with Gasteiger partial charge < -0.3 is 15.8 Å². The largest absolute Gasteiger partial charge is 0.497 e. The highest BCUT2D eigenvalue weighted by atomic mass is 19.1. The maximum Gasteiger partial charge on any atom is 0.227 e. The van der Waals surface area contributed by atoms with Crippen LogP contribution in [0, 0.1) is 17.7 Å². The number of carbonyl (C=O) groups is 1. The predicted octanol–water partition coefficient (Wildman–Crippen LogP) is 2.54. The lowest BCUT2D eigenvalue weighted by Crippen LogP contribution is -2.35. The van der Waals surface area contributed by atoms with Crippen molar-refractivity contribution < 1.29 is 13.9 Å². The Hall–Kier alpha value is -1.62. The molecule has 2 rings (SSSR count). The van der Waals surface area contributed by atoms with Crippen LogP contribution in [-0.4, -0.2) is 19.6 Å². The van der Waals surface area contributed by atoms with Gasteiger partial charge in [0.25, 0.3) is 0 Å². The van der Waals surface area contributed by atoms with Gasteiger partial charge in [-0.25, -0.2) is 4.39 Å². The lowest BCUT2D eigenvalue weighted by molar-refractivity contribution is -0.122. The Morgan fingerprint density at radius 2 is 2.20 bits per heavy atom. The standard InChI is InChI=1S/C15H21FN2O2/c1-20-11-6-7-13(16)14(8-11)18-15(19)12-5-3-2-4-10(12)9-17/h6-8,10,12H,2-5,9,17H2,1H3,(H,18,19). The van der Waals surface area contributed by atoms with Crippen molar-refractivity contribution in [2.24, 2.45) is 17.6 Å². The SMILES string of the molecule is COc1ccc(F)c(NC(=O)C2CCCCC2CN)c1. The van der Waals surface area contributed by atoms with Crippen LogP contribution < -0.4 is 15.8 Å². The zero-order chi connectivity index (χ0) is 14.5. The normalized spacial score (nSPS) is 22.4. The Morgan fingerprint density at radius 3 is 2.90 bits per heavy atom. The van der Waals surface area contributed by atoms with Crippen molar-refractivity contribution in [2.45, 2.75) is 25.7 Å². The van der Waals surface area contributed by atoms with E-state index >= 15 is 0 Å². The highest BCUT2D eigenvalue weighted by molar-refractivity contribution is 5.93. The minimum absolute atomic E-state index is 0.126. The molecule has 3 N–H and O–H groups in total. The van der Waals surface area contributed by atoms with Gasteiger partial charge in [-0.05, 0) is 37.4 Å². The van der Waals surface area contributed by atoms with E-state index in [1.807, 2.05) is 0 Å². The van der Waals surface area contributed by atoms with Crippen molar-refractivity contribution in [3.8, 4) is 5.75 Å². The fourth-order valence-electron chi connectivity index (χ4n) is 2.79. The maximum atomic E-state index is 13.7. The second-order valence-corrected chi connectivity index (χ2v) is 5.22. The second-order valence-electron chi connectivity index (χ2n) is 5.22. The first-order valence-corrected chi connectivity index (χ1v) is 7.00. The molecule has 4 nitrogen and oxygen atoms in total. The first-order valence-electron chi connectivity index (χ1n) is 7.00. The number of ether oxygens (including phenoxy) is 1. The Bertz CT molecular complexity index is 479. The Morgan fingerprint density at radius 1 is 1.45 bits per heavy atom. The van der Waals surface area contributed by atoms with E-state index in [9.17, 15) is 9.18 Å². The van der Waals surface area contributed by atoms with E-state index in [-0.39, 0.29) is 23.4 Å². The van der Waals surface area contributed by atoms with Crippen molar-refractivity contribution in [2.75, 3.05) is 19.0 Å². The van der Waals surface area contributed by atoms with Gasteiger partial charge in [0, 0.05) is 12.0 Å². The molecular weight excluding hydrogens is 259 g/mol. The van der Waals surface area contributed by atoms with Crippen LogP contribution in [-0.2, 0) is 4.79 Å². The third-order valence-electron chi connectivity index (χ3n) is 3.98. The quantitative estimate of drug-likeness (QED) is 0.890. The number of amides is 1.